The van der Waals surface area contributed by atoms with Gasteiger partial charge in [-0.15, -0.1) is 0 Å². The fourth-order valence-corrected chi connectivity index (χ4v) is 4.35. The van der Waals surface area contributed by atoms with Crippen LogP contribution >= 0.6 is 0 Å². The number of nitrogens with zero attached hydrogens (tertiary/aromatic N) is 4. The minimum absolute atomic E-state index is 0.0652. The van der Waals surface area contributed by atoms with Gasteiger partial charge in [-0.1, -0.05) is 18.2 Å². The Morgan fingerprint density at radius 1 is 0.939 bits per heavy atom. The van der Waals surface area contributed by atoms with Gasteiger partial charge in [-0.25, -0.2) is 14.0 Å². The van der Waals surface area contributed by atoms with Gasteiger partial charge in [0.05, 0.1) is 32.6 Å². The summed E-state index contributed by atoms with van der Waals surface area (Å²) in [7, 11) is 6.22. The van der Waals surface area contributed by atoms with Crippen LogP contribution < -0.4 is 19.9 Å². The molecule has 0 radical (unpaired) electrons. The third-order valence-electron chi connectivity index (χ3n) is 6.05. The minimum atomic E-state index is -0.176. The van der Waals surface area contributed by atoms with Crippen molar-refractivity contribution >= 4 is 5.91 Å². The Kier molecular flexibility index (Phi) is 6.39. The molecule has 1 fully saturated rings. The van der Waals surface area contributed by atoms with Crippen LogP contribution in [-0.4, -0.2) is 59.6 Å². The summed E-state index contributed by atoms with van der Waals surface area (Å²) in [6, 6.07) is 12.9. The summed E-state index contributed by atoms with van der Waals surface area (Å²) in [6.45, 7) is 1.08. The third-order valence-corrected chi connectivity index (χ3v) is 6.05. The third kappa shape index (κ3) is 4.06. The van der Waals surface area contributed by atoms with Crippen LogP contribution in [0.4, 0.5) is 0 Å². The van der Waals surface area contributed by atoms with E-state index in [9.17, 15) is 9.59 Å². The zero-order valence-electron chi connectivity index (χ0n) is 19.3. The molecule has 9 heteroatoms. The zero-order valence-corrected chi connectivity index (χ0v) is 19.3. The highest BCUT2D eigenvalue weighted by Crippen LogP contribution is 2.40. The number of carbonyl (C=O) groups is 1. The molecule has 1 saturated heterocycles. The number of likely N-dealkylation sites (tertiary alicyclic amines) is 1. The molecule has 0 atom stereocenters. The van der Waals surface area contributed by atoms with Crippen LogP contribution in [0.3, 0.4) is 0 Å². The number of hydrogen-bond donors (Lipinski definition) is 0. The first kappa shape index (κ1) is 22.4. The molecule has 0 saturated carbocycles. The Bertz CT molecular complexity index is 1190. The molecule has 0 N–H and O–H groups in total. The van der Waals surface area contributed by atoms with Gasteiger partial charge in [-0.2, -0.15) is 5.10 Å². The number of aromatic nitrogens is 3. The van der Waals surface area contributed by atoms with E-state index in [2.05, 4.69) is 5.10 Å². The molecule has 1 aromatic heterocycles. The fourth-order valence-electron chi connectivity index (χ4n) is 4.35. The van der Waals surface area contributed by atoms with Crippen molar-refractivity contribution in [2.24, 2.45) is 7.05 Å². The van der Waals surface area contributed by atoms with Gasteiger partial charge in [0.25, 0.3) is 5.91 Å². The maximum atomic E-state index is 13.3. The average molecular weight is 453 g/mol. The van der Waals surface area contributed by atoms with Gasteiger partial charge in [-0.3, -0.25) is 4.79 Å². The lowest BCUT2D eigenvalue weighted by Crippen LogP contribution is -2.38. The lowest BCUT2D eigenvalue weighted by atomic mass is 9.95. The summed E-state index contributed by atoms with van der Waals surface area (Å²) in [5.41, 5.74) is 1.04. The molecule has 2 heterocycles. The molecular formula is C24H28N4O5. The maximum Gasteiger partial charge on any atom is 0.350 e. The summed E-state index contributed by atoms with van der Waals surface area (Å²) >= 11 is 0. The number of ether oxygens (including phenoxy) is 3. The van der Waals surface area contributed by atoms with E-state index in [0.29, 0.717) is 48.7 Å². The van der Waals surface area contributed by atoms with Gasteiger partial charge in [0.1, 0.15) is 5.82 Å². The number of piperidine rings is 1. The topological polar surface area (TPSA) is 87.8 Å². The summed E-state index contributed by atoms with van der Waals surface area (Å²) in [5.74, 6) is 1.90. The van der Waals surface area contributed by atoms with Crippen molar-refractivity contribution in [1.82, 2.24) is 19.2 Å². The number of carbonyl (C=O) groups excluding carboxylic acids is 1. The number of amides is 1. The minimum Gasteiger partial charge on any atom is -0.493 e. The first-order chi connectivity index (χ1) is 16.0. The quantitative estimate of drug-likeness (QED) is 0.571. The van der Waals surface area contributed by atoms with Gasteiger partial charge in [0, 0.05) is 26.1 Å². The largest absolute Gasteiger partial charge is 0.493 e. The maximum absolute atomic E-state index is 13.3. The first-order valence-electron chi connectivity index (χ1n) is 10.8. The van der Waals surface area contributed by atoms with Crippen LogP contribution in [0.5, 0.6) is 17.2 Å². The lowest BCUT2D eigenvalue weighted by molar-refractivity contribution is 0.0706. The van der Waals surface area contributed by atoms with E-state index in [4.69, 9.17) is 14.2 Å². The Morgan fingerprint density at radius 2 is 1.61 bits per heavy atom. The summed E-state index contributed by atoms with van der Waals surface area (Å²) in [6.07, 6.45) is 1.40. The van der Waals surface area contributed by atoms with Crippen LogP contribution in [-0.2, 0) is 7.05 Å². The molecule has 3 aromatic rings. The normalized spacial score (nSPS) is 14.2. The smallest absolute Gasteiger partial charge is 0.350 e. The SMILES string of the molecule is COc1ccc(C(=O)N2CCC(c3nn(C)c(=O)n3-c3ccccc3)CC2)c(OC)c1OC. The second kappa shape index (κ2) is 9.40. The van der Waals surface area contributed by atoms with Crippen molar-refractivity contribution in [3.8, 4) is 22.9 Å². The summed E-state index contributed by atoms with van der Waals surface area (Å²) in [5, 5.41) is 4.52. The van der Waals surface area contributed by atoms with Gasteiger partial charge in [-0.05, 0) is 37.1 Å². The van der Waals surface area contributed by atoms with Crippen molar-refractivity contribution in [3.63, 3.8) is 0 Å². The molecule has 0 bridgehead atoms. The Labute approximate surface area is 192 Å². The highest BCUT2D eigenvalue weighted by atomic mass is 16.5. The van der Waals surface area contributed by atoms with Crippen LogP contribution in [0.1, 0.15) is 34.9 Å². The number of hydrogen-bond acceptors (Lipinski definition) is 6. The van der Waals surface area contributed by atoms with E-state index in [1.807, 2.05) is 30.3 Å². The van der Waals surface area contributed by atoms with Gasteiger partial charge in [0.2, 0.25) is 5.75 Å². The molecule has 1 amide bonds. The summed E-state index contributed by atoms with van der Waals surface area (Å²) < 4.78 is 19.3. The molecule has 174 valence electrons. The summed E-state index contributed by atoms with van der Waals surface area (Å²) in [4.78, 5) is 27.8. The number of para-hydroxylation sites is 1. The van der Waals surface area contributed by atoms with E-state index in [1.54, 1.807) is 28.6 Å². The molecule has 2 aromatic carbocycles. The first-order valence-corrected chi connectivity index (χ1v) is 10.8. The second-order valence-electron chi connectivity index (χ2n) is 7.88. The molecular weight excluding hydrogens is 424 g/mol. The highest BCUT2D eigenvalue weighted by molar-refractivity contribution is 5.98. The monoisotopic (exact) mass is 452 g/mol. The van der Waals surface area contributed by atoms with Crippen molar-refractivity contribution in [3.05, 3.63) is 64.3 Å². The van der Waals surface area contributed by atoms with E-state index >= 15 is 0 Å². The van der Waals surface area contributed by atoms with Gasteiger partial charge in [0.15, 0.2) is 11.5 Å². The van der Waals surface area contributed by atoms with E-state index in [1.165, 1.54) is 26.0 Å². The van der Waals surface area contributed by atoms with Crippen molar-refractivity contribution in [2.75, 3.05) is 34.4 Å². The van der Waals surface area contributed by atoms with Crippen molar-refractivity contribution in [1.29, 1.82) is 0 Å². The second-order valence-corrected chi connectivity index (χ2v) is 7.88. The molecule has 0 spiro atoms. The molecule has 1 aliphatic rings. The molecule has 4 rings (SSSR count). The average Bonchev–Trinajstić information content (AvgIpc) is 3.17. The number of aryl methyl sites for hydroxylation is 1. The molecule has 9 nitrogen and oxygen atoms in total. The van der Waals surface area contributed by atoms with E-state index in [-0.39, 0.29) is 17.5 Å². The van der Waals surface area contributed by atoms with Gasteiger partial charge < -0.3 is 19.1 Å². The van der Waals surface area contributed by atoms with E-state index in [0.717, 1.165) is 11.5 Å². The molecule has 1 aliphatic heterocycles. The fraction of sp³-hybridized carbons (Fsp3) is 0.375. The van der Waals surface area contributed by atoms with Crippen LogP contribution in [0.15, 0.2) is 47.3 Å². The Hall–Kier alpha value is -3.75. The number of methoxy groups -OCH3 is 3. The highest BCUT2D eigenvalue weighted by Gasteiger charge is 2.31. The predicted molar refractivity (Wildman–Crippen MR) is 123 cm³/mol. The Morgan fingerprint density at radius 3 is 2.21 bits per heavy atom. The zero-order chi connectivity index (χ0) is 23.5. The molecule has 33 heavy (non-hydrogen) atoms. The van der Waals surface area contributed by atoms with Crippen LogP contribution in [0.25, 0.3) is 5.69 Å². The van der Waals surface area contributed by atoms with Gasteiger partial charge >= 0.3 is 5.69 Å². The number of benzene rings is 2. The van der Waals surface area contributed by atoms with Crippen molar-refractivity contribution in [2.45, 2.75) is 18.8 Å². The Balaban J connectivity index is 1.56. The molecule has 0 aliphatic carbocycles. The lowest BCUT2D eigenvalue weighted by Gasteiger charge is -2.32. The van der Waals surface area contributed by atoms with Crippen LogP contribution in [0.2, 0.25) is 0 Å². The van der Waals surface area contributed by atoms with E-state index < -0.39 is 0 Å². The number of rotatable bonds is 6. The van der Waals surface area contributed by atoms with Crippen LogP contribution in [0, 0.1) is 0 Å². The molecule has 0 unspecified atom stereocenters. The van der Waals surface area contributed by atoms with Crippen molar-refractivity contribution < 1.29 is 19.0 Å². The predicted octanol–water partition coefficient (Wildman–Crippen LogP) is 2.62. The standard InChI is InChI=1S/C24H28N4O5/c1-26-24(30)28(17-8-6-5-7-9-17)22(25-26)16-12-14-27(15-13-16)23(29)18-10-11-19(31-2)21(33-4)20(18)32-3/h5-11,16H,12-15H2,1-4H3.